The second kappa shape index (κ2) is 6.58. The van der Waals surface area contributed by atoms with E-state index < -0.39 is 5.60 Å². The first-order valence-electron chi connectivity index (χ1n) is 7.77. The first-order valence-corrected chi connectivity index (χ1v) is 7.77. The summed E-state index contributed by atoms with van der Waals surface area (Å²) < 4.78 is 5.49. The highest BCUT2D eigenvalue weighted by Gasteiger charge is 2.37. The molecule has 7 nitrogen and oxygen atoms in total. The minimum atomic E-state index is -0.787. The van der Waals surface area contributed by atoms with Gasteiger partial charge in [0.2, 0.25) is 5.91 Å². The number of hydrogen-bond donors (Lipinski definition) is 3. The Balaban J connectivity index is 1.56. The van der Waals surface area contributed by atoms with Crippen LogP contribution in [0.2, 0.25) is 0 Å². The normalized spacial score (nSPS) is 26.8. The lowest BCUT2D eigenvalue weighted by Crippen LogP contribution is -2.54. The summed E-state index contributed by atoms with van der Waals surface area (Å²) in [6, 6.07) is 1.72. The van der Waals surface area contributed by atoms with Gasteiger partial charge in [-0.15, -0.1) is 0 Å². The Kier molecular flexibility index (Phi) is 4.54. The highest BCUT2D eigenvalue weighted by Crippen LogP contribution is 2.34. The molecule has 1 aliphatic carbocycles. The van der Waals surface area contributed by atoms with E-state index in [1.54, 1.807) is 12.3 Å². The third-order valence-corrected chi connectivity index (χ3v) is 4.39. The molecule has 0 aromatic carbocycles. The number of nitrogens with one attached hydrogen (secondary N) is 2. The molecule has 0 unspecified atom stereocenters. The largest absolute Gasteiger partial charge is 0.389 e. The topological polar surface area (TPSA) is 96.4 Å². The number of amides is 1. The van der Waals surface area contributed by atoms with E-state index >= 15 is 0 Å². The summed E-state index contributed by atoms with van der Waals surface area (Å²) in [4.78, 5) is 20.2. The molecule has 7 heteroatoms. The summed E-state index contributed by atoms with van der Waals surface area (Å²) >= 11 is 0. The van der Waals surface area contributed by atoms with E-state index in [4.69, 9.17) is 4.74 Å². The number of rotatable bonds is 5. The van der Waals surface area contributed by atoms with Crippen LogP contribution in [-0.2, 0) is 9.53 Å². The molecule has 3 N–H and O–H groups in total. The van der Waals surface area contributed by atoms with Gasteiger partial charge in [0.15, 0.2) is 0 Å². The Labute approximate surface area is 129 Å². The molecule has 1 aliphatic heterocycles. The van der Waals surface area contributed by atoms with Crippen molar-refractivity contribution in [2.75, 3.05) is 18.5 Å². The fourth-order valence-electron chi connectivity index (χ4n) is 2.94. The molecule has 2 fully saturated rings. The van der Waals surface area contributed by atoms with Crippen molar-refractivity contribution in [1.29, 1.82) is 0 Å². The lowest BCUT2D eigenvalue weighted by atomic mass is 9.77. The molecule has 22 heavy (non-hydrogen) atoms. The van der Waals surface area contributed by atoms with Crippen LogP contribution in [0.15, 0.2) is 18.6 Å². The van der Waals surface area contributed by atoms with Gasteiger partial charge in [0.05, 0.1) is 30.7 Å². The van der Waals surface area contributed by atoms with Crippen LogP contribution in [0.4, 0.5) is 5.82 Å². The molecule has 3 rings (SSSR count). The van der Waals surface area contributed by atoms with Gasteiger partial charge in [-0.2, -0.15) is 0 Å². The number of ether oxygens (including phenoxy) is 1. The molecule has 2 heterocycles. The average molecular weight is 306 g/mol. The maximum absolute atomic E-state index is 12.2. The van der Waals surface area contributed by atoms with Gasteiger partial charge in [0.1, 0.15) is 12.1 Å². The molecular formula is C15H22N4O3. The molecule has 1 saturated heterocycles. The third-order valence-electron chi connectivity index (χ3n) is 4.39. The lowest BCUT2D eigenvalue weighted by molar-refractivity contribution is -0.131. The van der Waals surface area contributed by atoms with Crippen LogP contribution in [0.5, 0.6) is 0 Å². The quantitative estimate of drug-likeness (QED) is 0.732. The van der Waals surface area contributed by atoms with Gasteiger partial charge in [-0.3, -0.25) is 4.79 Å². The van der Waals surface area contributed by atoms with Crippen LogP contribution < -0.4 is 10.6 Å². The van der Waals surface area contributed by atoms with E-state index in [2.05, 4.69) is 20.6 Å². The second-order valence-electron chi connectivity index (χ2n) is 6.14. The van der Waals surface area contributed by atoms with Gasteiger partial charge >= 0.3 is 0 Å². The molecule has 2 atom stereocenters. The van der Waals surface area contributed by atoms with Crippen LogP contribution in [0.1, 0.15) is 32.1 Å². The molecule has 1 aromatic rings. The summed E-state index contributed by atoms with van der Waals surface area (Å²) in [6.07, 6.45) is 6.51. The second-order valence-corrected chi connectivity index (χ2v) is 6.14. The van der Waals surface area contributed by atoms with Crippen molar-refractivity contribution >= 4 is 11.7 Å². The monoisotopic (exact) mass is 306 g/mol. The number of aliphatic hydroxyl groups is 1. The molecule has 0 bridgehead atoms. The van der Waals surface area contributed by atoms with Crippen LogP contribution in [0.25, 0.3) is 0 Å². The summed E-state index contributed by atoms with van der Waals surface area (Å²) in [7, 11) is 0. The van der Waals surface area contributed by atoms with Crippen molar-refractivity contribution in [2.45, 2.75) is 49.8 Å². The molecule has 2 aliphatic rings. The van der Waals surface area contributed by atoms with E-state index in [-0.39, 0.29) is 24.4 Å². The average Bonchev–Trinajstić information content (AvgIpc) is 2.49. The molecule has 1 saturated carbocycles. The SMILES string of the molecule is O=C(CC1(O)CCC1)N[C@H]1CCOC[C@H]1Nc1ccncn1. The van der Waals surface area contributed by atoms with Crippen LogP contribution in [0.3, 0.4) is 0 Å². The maximum Gasteiger partial charge on any atom is 0.223 e. The minimum Gasteiger partial charge on any atom is -0.389 e. The molecule has 120 valence electrons. The number of carbonyl (C=O) groups is 1. The zero-order chi connectivity index (χ0) is 15.4. The minimum absolute atomic E-state index is 0.0279. The van der Waals surface area contributed by atoms with Crippen molar-refractivity contribution in [3.05, 3.63) is 18.6 Å². The highest BCUT2D eigenvalue weighted by molar-refractivity contribution is 5.77. The summed E-state index contributed by atoms with van der Waals surface area (Å²) in [5.41, 5.74) is -0.787. The Morgan fingerprint density at radius 1 is 1.45 bits per heavy atom. The van der Waals surface area contributed by atoms with Crippen molar-refractivity contribution in [3.63, 3.8) is 0 Å². The summed E-state index contributed by atoms with van der Waals surface area (Å²) in [5, 5.41) is 16.4. The molecular weight excluding hydrogens is 284 g/mol. The van der Waals surface area contributed by atoms with Gasteiger partial charge in [-0.25, -0.2) is 9.97 Å². The summed E-state index contributed by atoms with van der Waals surface area (Å²) in [5.74, 6) is 0.617. The first kappa shape index (κ1) is 15.2. The van der Waals surface area contributed by atoms with Gasteiger partial charge < -0.3 is 20.5 Å². The molecule has 1 amide bonds. The summed E-state index contributed by atoms with van der Waals surface area (Å²) in [6.45, 7) is 1.14. The van der Waals surface area contributed by atoms with Crippen molar-refractivity contribution in [1.82, 2.24) is 15.3 Å². The number of aromatic nitrogens is 2. The van der Waals surface area contributed by atoms with Crippen molar-refractivity contribution in [2.24, 2.45) is 0 Å². The number of nitrogens with zero attached hydrogens (tertiary/aromatic N) is 2. The number of anilines is 1. The molecule has 0 radical (unpaired) electrons. The van der Waals surface area contributed by atoms with Crippen molar-refractivity contribution in [3.8, 4) is 0 Å². The van der Waals surface area contributed by atoms with Crippen molar-refractivity contribution < 1.29 is 14.6 Å². The maximum atomic E-state index is 12.2. The van der Waals surface area contributed by atoms with E-state index in [0.29, 0.717) is 19.0 Å². The third kappa shape index (κ3) is 3.72. The van der Waals surface area contributed by atoms with Crippen LogP contribution >= 0.6 is 0 Å². The van der Waals surface area contributed by atoms with E-state index in [1.165, 1.54) is 6.33 Å². The number of hydrogen-bond acceptors (Lipinski definition) is 6. The fraction of sp³-hybridized carbons (Fsp3) is 0.667. The molecule has 0 spiro atoms. The lowest BCUT2D eigenvalue weighted by Gasteiger charge is -2.37. The van der Waals surface area contributed by atoms with Gasteiger partial charge in [0.25, 0.3) is 0 Å². The first-order chi connectivity index (χ1) is 10.6. The van der Waals surface area contributed by atoms with E-state index in [1.807, 2.05) is 0 Å². The van der Waals surface area contributed by atoms with E-state index in [9.17, 15) is 9.90 Å². The van der Waals surface area contributed by atoms with Gasteiger partial charge in [0, 0.05) is 12.8 Å². The van der Waals surface area contributed by atoms with Gasteiger partial charge in [-0.05, 0) is 31.7 Å². The zero-order valence-corrected chi connectivity index (χ0v) is 12.5. The Morgan fingerprint density at radius 3 is 3.00 bits per heavy atom. The fourth-order valence-corrected chi connectivity index (χ4v) is 2.94. The molecule has 1 aromatic heterocycles. The predicted octanol–water partition coefficient (Wildman–Crippen LogP) is 0.467. The predicted molar refractivity (Wildman–Crippen MR) is 80.2 cm³/mol. The van der Waals surface area contributed by atoms with Crippen LogP contribution in [0, 0.1) is 0 Å². The Hall–Kier alpha value is -1.73. The standard InChI is InChI=1S/C15H22N4O3/c20-14(8-15(21)4-1-5-15)19-11-3-7-22-9-12(11)18-13-2-6-16-10-17-13/h2,6,10-12,21H,1,3-5,7-9H2,(H,19,20)(H,16,17,18)/t11-,12+/m0/s1. The number of carbonyl (C=O) groups excluding carboxylic acids is 1. The Morgan fingerprint density at radius 2 is 2.32 bits per heavy atom. The van der Waals surface area contributed by atoms with E-state index in [0.717, 1.165) is 25.7 Å². The van der Waals surface area contributed by atoms with Gasteiger partial charge in [-0.1, -0.05) is 0 Å². The Bertz CT molecular complexity index is 507. The highest BCUT2D eigenvalue weighted by atomic mass is 16.5. The zero-order valence-electron chi connectivity index (χ0n) is 12.5. The smallest absolute Gasteiger partial charge is 0.223 e. The van der Waals surface area contributed by atoms with Crippen LogP contribution in [-0.4, -0.2) is 51.9 Å².